The van der Waals surface area contributed by atoms with Crippen LogP contribution in [0.5, 0.6) is 0 Å². The van der Waals surface area contributed by atoms with Gasteiger partial charge in [0.15, 0.2) is 5.96 Å². The number of guanidine groups is 1. The number of nitrogens with two attached hydrogens (primary N) is 3. The molecule has 0 aliphatic carbocycles. The van der Waals surface area contributed by atoms with E-state index in [2.05, 4.69) is 15.6 Å². The van der Waals surface area contributed by atoms with Crippen molar-refractivity contribution in [3.05, 3.63) is 35.9 Å². The number of hydrogen-bond acceptors (Lipinski definition) is 7. The Morgan fingerprint density at radius 2 is 1.81 bits per heavy atom. The van der Waals surface area contributed by atoms with Gasteiger partial charge in [-0.15, -0.1) is 0 Å². The van der Waals surface area contributed by atoms with Crippen LogP contribution in [0.25, 0.3) is 0 Å². The smallest absolute Gasteiger partial charge is 0.328 e. The summed E-state index contributed by atoms with van der Waals surface area (Å²) in [6.07, 6.45) is 1.89. The summed E-state index contributed by atoms with van der Waals surface area (Å²) in [6, 6.07) is 4.56. The lowest BCUT2D eigenvalue weighted by molar-refractivity contribution is -0.144. The number of nitrogens with one attached hydrogen (secondary N) is 2. The molecule has 4 atom stereocenters. The zero-order valence-electron chi connectivity index (χ0n) is 20.0. The van der Waals surface area contributed by atoms with Gasteiger partial charge in [0.1, 0.15) is 18.1 Å². The minimum absolute atomic E-state index is 0.0473. The molecule has 0 radical (unpaired) electrons. The summed E-state index contributed by atoms with van der Waals surface area (Å²) in [6.45, 7) is -0.132. The Morgan fingerprint density at radius 3 is 2.42 bits per heavy atom. The first-order valence-electron chi connectivity index (χ1n) is 11.7. The van der Waals surface area contributed by atoms with Crippen molar-refractivity contribution < 1.29 is 29.4 Å². The van der Waals surface area contributed by atoms with Gasteiger partial charge in [-0.1, -0.05) is 30.3 Å². The Hall–Kier alpha value is -3.71. The molecule has 1 heterocycles. The second-order valence-electron chi connectivity index (χ2n) is 8.58. The van der Waals surface area contributed by atoms with Gasteiger partial charge in [0.25, 0.3) is 0 Å². The van der Waals surface area contributed by atoms with Gasteiger partial charge < -0.3 is 42.9 Å². The molecule has 1 aromatic carbocycles. The van der Waals surface area contributed by atoms with Crippen molar-refractivity contribution in [2.24, 2.45) is 22.2 Å². The monoisotopic (exact) mass is 505 g/mol. The van der Waals surface area contributed by atoms with Crippen molar-refractivity contribution in [3.63, 3.8) is 0 Å². The molecular formula is C23H35N7O6. The second-order valence-corrected chi connectivity index (χ2v) is 8.58. The maximum atomic E-state index is 13.2. The predicted molar refractivity (Wildman–Crippen MR) is 131 cm³/mol. The van der Waals surface area contributed by atoms with E-state index in [-0.39, 0.29) is 18.3 Å². The number of aliphatic hydroxyl groups excluding tert-OH is 1. The Bertz CT molecular complexity index is 938. The maximum absolute atomic E-state index is 13.2. The largest absolute Gasteiger partial charge is 0.480 e. The fourth-order valence-corrected chi connectivity index (χ4v) is 3.94. The molecule has 1 aliphatic rings. The highest BCUT2D eigenvalue weighted by atomic mass is 16.4. The number of carboxylic acids is 1. The summed E-state index contributed by atoms with van der Waals surface area (Å²) in [4.78, 5) is 55.5. The van der Waals surface area contributed by atoms with Gasteiger partial charge in [-0.2, -0.15) is 0 Å². The summed E-state index contributed by atoms with van der Waals surface area (Å²) in [5, 5.41) is 23.3. The number of aliphatic carboxylic acids is 1. The number of carboxylic acid groups (broad SMARTS) is 1. The van der Waals surface area contributed by atoms with E-state index in [9.17, 15) is 24.3 Å². The standard InChI is InChI=1S/C23H35N7O6/c24-15(8-4-10-27-23(25)26)21(34)30-11-5-9-18(30)20(33)28-16(12-14-6-2-1-3-7-14)19(32)29-17(13-31)22(35)36/h1-3,6-7,15-18,31H,4-5,8-13,24H2,(H,28,33)(H,29,32)(H,35,36)(H4,25,26,27). The van der Waals surface area contributed by atoms with E-state index < -0.39 is 48.6 Å². The minimum atomic E-state index is -1.52. The molecule has 13 heteroatoms. The number of likely N-dealkylation sites (tertiary alicyclic amines) is 1. The zero-order chi connectivity index (χ0) is 26.7. The fraction of sp³-hybridized carbons (Fsp3) is 0.522. The average molecular weight is 506 g/mol. The molecule has 3 amide bonds. The van der Waals surface area contributed by atoms with Gasteiger partial charge in [-0.05, 0) is 31.2 Å². The average Bonchev–Trinajstić information content (AvgIpc) is 3.34. The van der Waals surface area contributed by atoms with Crippen molar-refractivity contribution in [3.8, 4) is 0 Å². The topological polar surface area (TPSA) is 226 Å². The molecule has 4 unspecified atom stereocenters. The van der Waals surface area contributed by atoms with Crippen molar-refractivity contribution >= 4 is 29.7 Å². The van der Waals surface area contributed by atoms with E-state index in [4.69, 9.17) is 22.3 Å². The lowest BCUT2D eigenvalue weighted by Gasteiger charge is -2.28. The number of aliphatic imine (C=N–C) groups is 1. The summed E-state index contributed by atoms with van der Waals surface area (Å²) in [5.74, 6) is -3.14. The van der Waals surface area contributed by atoms with Gasteiger partial charge >= 0.3 is 5.97 Å². The van der Waals surface area contributed by atoms with Gasteiger partial charge in [-0.25, -0.2) is 4.79 Å². The SMILES string of the molecule is NC(N)=NCCCC(N)C(=O)N1CCCC1C(=O)NC(Cc1ccccc1)C(=O)NC(CO)C(=O)O. The number of rotatable bonds is 13. The highest BCUT2D eigenvalue weighted by Gasteiger charge is 2.37. The van der Waals surface area contributed by atoms with Crippen molar-refractivity contribution in [2.45, 2.75) is 56.3 Å². The summed E-state index contributed by atoms with van der Waals surface area (Å²) < 4.78 is 0. The molecule has 1 fully saturated rings. The molecule has 0 aromatic heterocycles. The Labute approximate surface area is 209 Å². The van der Waals surface area contributed by atoms with E-state index in [0.717, 1.165) is 5.56 Å². The van der Waals surface area contributed by atoms with E-state index in [1.54, 1.807) is 30.3 Å². The first-order valence-corrected chi connectivity index (χ1v) is 11.7. The van der Waals surface area contributed by atoms with Crippen molar-refractivity contribution in [2.75, 3.05) is 19.7 Å². The summed E-state index contributed by atoms with van der Waals surface area (Å²) in [7, 11) is 0. The molecule has 0 bridgehead atoms. The molecule has 10 N–H and O–H groups in total. The third-order valence-electron chi connectivity index (χ3n) is 5.84. The first-order chi connectivity index (χ1) is 17.1. The van der Waals surface area contributed by atoms with Crippen LogP contribution in [0.15, 0.2) is 35.3 Å². The van der Waals surface area contributed by atoms with E-state index >= 15 is 0 Å². The molecule has 0 spiro atoms. The minimum Gasteiger partial charge on any atom is -0.480 e. The zero-order valence-corrected chi connectivity index (χ0v) is 20.0. The van der Waals surface area contributed by atoms with Crippen molar-refractivity contribution in [1.29, 1.82) is 0 Å². The van der Waals surface area contributed by atoms with Crippen LogP contribution in [-0.2, 0) is 25.6 Å². The van der Waals surface area contributed by atoms with Crippen molar-refractivity contribution in [1.82, 2.24) is 15.5 Å². The molecule has 2 rings (SSSR count). The van der Waals surface area contributed by atoms with Crippen LogP contribution in [-0.4, -0.2) is 88.6 Å². The highest BCUT2D eigenvalue weighted by molar-refractivity contribution is 5.94. The van der Waals surface area contributed by atoms with Gasteiger partial charge in [0.05, 0.1) is 12.6 Å². The van der Waals surface area contributed by atoms with Crippen LogP contribution in [0.3, 0.4) is 0 Å². The number of carbonyl (C=O) groups is 4. The Kier molecular flexibility index (Phi) is 11.1. The van der Waals surface area contributed by atoms with E-state index in [1.165, 1.54) is 4.90 Å². The number of benzene rings is 1. The predicted octanol–water partition coefficient (Wildman–Crippen LogP) is -2.35. The first kappa shape index (κ1) is 28.5. The third-order valence-corrected chi connectivity index (χ3v) is 5.84. The molecule has 36 heavy (non-hydrogen) atoms. The molecule has 1 saturated heterocycles. The number of nitrogens with zero attached hydrogens (tertiary/aromatic N) is 2. The third kappa shape index (κ3) is 8.50. The van der Waals surface area contributed by atoms with E-state index in [1.807, 2.05) is 0 Å². The van der Waals surface area contributed by atoms with Crippen LogP contribution in [0.1, 0.15) is 31.2 Å². The van der Waals surface area contributed by atoms with E-state index in [0.29, 0.717) is 38.8 Å². The molecular weight excluding hydrogens is 470 g/mol. The van der Waals surface area contributed by atoms with Gasteiger partial charge in [-0.3, -0.25) is 19.4 Å². The van der Waals surface area contributed by atoms with Gasteiger partial charge in [0, 0.05) is 19.5 Å². The molecule has 1 aromatic rings. The Morgan fingerprint density at radius 1 is 1.11 bits per heavy atom. The number of hydrogen-bond donors (Lipinski definition) is 7. The normalized spacial score (nSPS) is 17.5. The number of aliphatic hydroxyl groups is 1. The summed E-state index contributed by atoms with van der Waals surface area (Å²) >= 11 is 0. The molecule has 1 aliphatic heterocycles. The van der Waals surface area contributed by atoms with Gasteiger partial charge in [0.2, 0.25) is 17.7 Å². The van der Waals surface area contributed by atoms with Crippen LogP contribution in [0, 0.1) is 0 Å². The quantitative estimate of drug-likeness (QED) is 0.0863. The fourth-order valence-electron chi connectivity index (χ4n) is 3.94. The molecule has 13 nitrogen and oxygen atoms in total. The lowest BCUT2D eigenvalue weighted by Crippen LogP contribution is -2.57. The van der Waals surface area contributed by atoms with Crippen LogP contribution < -0.4 is 27.8 Å². The highest BCUT2D eigenvalue weighted by Crippen LogP contribution is 2.19. The molecule has 198 valence electrons. The maximum Gasteiger partial charge on any atom is 0.328 e. The van der Waals surface area contributed by atoms with Crippen LogP contribution in [0.2, 0.25) is 0 Å². The Balaban J connectivity index is 2.09. The van der Waals surface area contributed by atoms with Crippen LogP contribution >= 0.6 is 0 Å². The number of amides is 3. The number of carbonyl (C=O) groups excluding carboxylic acids is 3. The van der Waals surface area contributed by atoms with Crippen LogP contribution in [0.4, 0.5) is 0 Å². The molecule has 0 saturated carbocycles. The lowest BCUT2D eigenvalue weighted by atomic mass is 10.0. The second kappa shape index (κ2) is 14.0. The summed E-state index contributed by atoms with van der Waals surface area (Å²) in [5.41, 5.74) is 17.4.